The fraction of sp³-hybridized carbons (Fsp3) is 0.250. The fourth-order valence-corrected chi connectivity index (χ4v) is 6.31. The molecule has 168 valence electrons. The van der Waals surface area contributed by atoms with Gasteiger partial charge in [-0.2, -0.15) is 11.3 Å². The number of rotatable bonds is 7. The quantitative estimate of drug-likeness (QED) is 0.312. The molecule has 9 heteroatoms. The van der Waals surface area contributed by atoms with E-state index in [2.05, 4.69) is 4.98 Å². The number of carbonyl (C=O) groups excluding carboxylic acids is 2. The van der Waals surface area contributed by atoms with Crippen molar-refractivity contribution in [3.05, 3.63) is 74.4 Å². The Morgan fingerprint density at radius 2 is 1.88 bits per heavy atom. The van der Waals surface area contributed by atoms with E-state index < -0.39 is 5.97 Å². The summed E-state index contributed by atoms with van der Waals surface area (Å²) in [6, 6.07) is 11.7. The van der Waals surface area contributed by atoms with E-state index in [1.807, 2.05) is 47.2 Å². The van der Waals surface area contributed by atoms with Crippen LogP contribution in [-0.4, -0.2) is 28.5 Å². The highest BCUT2D eigenvalue weighted by molar-refractivity contribution is 7.16. The van der Waals surface area contributed by atoms with Crippen LogP contribution in [0.5, 0.6) is 0 Å². The van der Waals surface area contributed by atoms with Crippen LogP contribution in [0.1, 0.15) is 39.5 Å². The minimum Gasteiger partial charge on any atom is -0.451 e. The Balaban J connectivity index is 1.30. The van der Waals surface area contributed by atoms with Gasteiger partial charge in [0.2, 0.25) is 0 Å². The molecule has 3 aromatic heterocycles. The molecule has 5 rings (SSSR count). The lowest BCUT2D eigenvalue weighted by atomic mass is 10.0. The van der Waals surface area contributed by atoms with Crippen LogP contribution >= 0.6 is 34.0 Å². The van der Waals surface area contributed by atoms with E-state index in [0.717, 1.165) is 47.5 Å². The van der Waals surface area contributed by atoms with Gasteiger partial charge >= 0.3 is 5.97 Å². The first-order chi connectivity index (χ1) is 16.2. The van der Waals surface area contributed by atoms with Crippen LogP contribution in [-0.2, 0) is 28.9 Å². The number of hydrogen-bond donors (Lipinski definition) is 0. The van der Waals surface area contributed by atoms with E-state index in [9.17, 15) is 9.59 Å². The number of benzene rings is 1. The highest BCUT2D eigenvalue weighted by atomic mass is 32.1. The SMILES string of the molecule is O=C(OCC(=O)N(Cc1ccccc1)c1nc2c(s1)CCCC2)c1csc(-c2ccsc2)n1. The molecular formula is C24H21N3O3S3. The number of fused-ring (bicyclic) bond motifs is 1. The number of esters is 1. The average Bonchev–Trinajstić information content (AvgIpc) is 3.61. The van der Waals surface area contributed by atoms with E-state index in [1.54, 1.807) is 33.0 Å². The van der Waals surface area contributed by atoms with Gasteiger partial charge in [0.15, 0.2) is 17.4 Å². The molecule has 1 amide bonds. The Bertz CT molecular complexity index is 1220. The topological polar surface area (TPSA) is 72.4 Å². The number of amides is 1. The number of thiazole rings is 2. The largest absolute Gasteiger partial charge is 0.451 e. The summed E-state index contributed by atoms with van der Waals surface area (Å²) < 4.78 is 5.36. The van der Waals surface area contributed by atoms with Gasteiger partial charge in [0.25, 0.3) is 5.91 Å². The maximum absolute atomic E-state index is 13.2. The van der Waals surface area contributed by atoms with Gasteiger partial charge < -0.3 is 4.74 Å². The van der Waals surface area contributed by atoms with Crippen molar-refractivity contribution in [3.63, 3.8) is 0 Å². The molecule has 6 nitrogen and oxygen atoms in total. The molecule has 0 unspecified atom stereocenters. The van der Waals surface area contributed by atoms with Crippen molar-refractivity contribution in [2.45, 2.75) is 32.2 Å². The molecule has 0 saturated carbocycles. The van der Waals surface area contributed by atoms with Crippen LogP contribution < -0.4 is 4.90 Å². The van der Waals surface area contributed by atoms with Gasteiger partial charge in [-0.1, -0.05) is 30.3 Å². The minimum absolute atomic E-state index is 0.216. The smallest absolute Gasteiger partial charge is 0.358 e. The molecule has 0 spiro atoms. The van der Waals surface area contributed by atoms with Crippen molar-refractivity contribution in [2.75, 3.05) is 11.5 Å². The molecular weight excluding hydrogens is 474 g/mol. The lowest BCUT2D eigenvalue weighted by Gasteiger charge is -2.20. The number of aromatic nitrogens is 2. The van der Waals surface area contributed by atoms with E-state index in [0.29, 0.717) is 11.7 Å². The maximum Gasteiger partial charge on any atom is 0.358 e. The Kier molecular flexibility index (Phi) is 6.61. The first-order valence-corrected chi connectivity index (χ1v) is 13.3. The predicted octanol–water partition coefficient (Wildman–Crippen LogP) is 5.60. The number of hydrogen-bond acceptors (Lipinski definition) is 8. The zero-order valence-electron chi connectivity index (χ0n) is 17.7. The van der Waals surface area contributed by atoms with E-state index in [4.69, 9.17) is 9.72 Å². The first kappa shape index (κ1) is 21.9. The molecule has 1 aliphatic rings. The summed E-state index contributed by atoms with van der Waals surface area (Å²) in [5.74, 6) is -0.897. The van der Waals surface area contributed by atoms with Crippen molar-refractivity contribution in [2.24, 2.45) is 0 Å². The van der Waals surface area contributed by atoms with E-state index in [-0.39, 0.29) is 18.2 Å². The second-order valence-corrected chi connectivity index (χ2v) is 10.4. The zero-order chi connectivity index (χ0) is 22.6. The number of nitrogens with zero attached hydrogens (tertiary/aromatic N) is 3. The number of ether oxygens (including phenoxy) is 1. The molecule has 0 N–H and O–H groups in total. The Morgan fingerprint density at radius 1 is 1.03 bits per heavy atom. The van der Waals surface area contributed by atoms with Gasteiger partial charge in [-0.25, -0.2) is 14.8 Å². The Morgan fingerprint density at radius 3 is 2.67 bits per heavy atom. The van der Waals surface area contributed by atoms with Gasteiger partial charge in [-0.3, -0.25) is 9.69 Å². The zero-order valence-corrected chi connectivity index (χ0v) is 20.2. The van der Waals surface area contributed by atoms with Crippen LogP contribution in [0.4, 0.5) is 5.13 Å². The first-order valence-electron chi connectivity index (χ1n) is 10.7. The lowest BCUT2D eigenvalue weighted by Crippen LogP contribution is -2.34. The van der Waals surface area contributed by atoms with E-state index >= 15 is 0 Å². The van der Waals surface area contributed by atoms with Gasteiger partial charge in [0.1, 0.15) is 5.01 Å². The molecule has 1 aliphatic carbocycles. The van der Waals surface area contributed by atoms with Crippen LogP contribution in [0, 0.1) is 0 Å². The number of anilines is 1. The van der Waals surface area contributed by atoms with Gasteiger partial charge in [0.05, 0.1) is 12.2 Å². The Labute approximate surface area is 203 Å². The number of thiophene rings is 1. The van der Waals surface area contributed by atoms with Crippen molar-refractivity contribution in [1.82, 2.24) is 9.97 Å². The Hall–Kier alpha value is -2.88. The number of aryl methyl sites for hydroxylation is 2. The predicted molar refractivity (Wildman–Crippen MR) is 132 cm³/mol. The van der Waals surface area contributed by atoms with Crippen LogP contribution in [0.15, 0.2) is 52.5 Å². The van der Waals surface area contributed by atoms with Gasteiger partial charge in [-0.05, 0) is 42.7 Å². The van der Waals surface area contributed by atoms with Crippen LogP contribution in [0.2, 0.25) is 0 Å². The molecule has 0 fully saturated rings. The molecule has 0 radical (unpaired) electrons. The average molecular weight is 496 g/mol. The fourth-order valence-electron chi connectivity index (χ4n) is 3.65. The lowest BCUT2D eigenvalue weighted by molar-refractivity contribution is -0.121. The summed E-state index contributed by atoms with van der Waals surface area (Å²) in [6.45, 7) is 0.0177. The summed E-state index contributed by atoms with van der Waals surface area (Å²) in [4.78, 5) is 37.7. The highest BCUT2D eigenvalue weighted by Gasteiger charge is 2.25. The summed E-state index contributed by atoms with van der Waals surface area (Å²) in [6.07, 6.45) is 4.23. The van der Waals surface area contributed by atoms with Crippen molar-refractivity contribution < 1.29 is 14.3 Å². The standard InChI is InChI=1S/C24H21N3O3S3/c28-21(13-30-23(29)19-15-32-22(25-19)17-10-11-31-14-17)27(12-16-6-2-1-3-7-16)24-26-18-8-4-5-9-20(18)33-24/h1-3,6-7,10-11,14-15H,4-5,8-9,12-13H2. The van der Waals surface area contributed by atoms with Crippen molar-refractivity contribution >= 4 is 51.0 Å². The van der Waals surface area contributed by atoms with Crippen molar-refractivity contribution in [1.29, 1.82) is 0 Å². The summed E-state index contributed by atoms with van der Waals surface area (Å²) in [7, 11) is 0. The molecule has 4 aromatic rings. The third-order valence-electron chi connectivity index (χ3n) is 5.36. The molecule has 3 heterocycles. The van der Waals surface area contributed by atoms with Crippen LogP contribution in [0.25, 0.3) is 10.6 Å². The number of carbonyl (C=O) groups is 2. The molecule has 0 saturated heterocycles. The third-order valence-corrected chi connectivity index (χ3v) is 8.11. The second kappa shape index (κ2) is 9.94. The van der Waals surface area contributed by atoms with Gasteiger partial charge in [-0.15, -0.1) is 22.7 Å². The summed E-state index contributed by atoms with van der Waals surface area (Å²) in [5, 5.41) is 7.03. The minimum atomic E-state index is -0.598. The normalized spacial score (nSPS) is 12.8. The van der Waals surface area contributed by atoms with Crippen molar-refractivity contribution in [3.8, 4) is 10.6 Å². The molecule has 1 aromatic carbocycles. The highest BCUT2D eigenvalue weighted by Crippen LogP contribution is 2.33. The third kappa shape index (κ3) is 5.05. The van der Waals surface area contributed by atoms with E-state index in [1.165, 1.54) is 16.2 Å². The summed E-state index contributed by atoms with van der Waals surface area (Å²) in [5.41, 5.74) is 3.27. The molecule has 33 heavy (non-hydrogen) atoms. The summed E-state index contributed by atoms with van der Waals surface area (Å²) >= 11 is 4.52. The molecule has 0 bridgehead atoms. The second-order valence-electron chi connectivity index (χ2n) is 7.66. The van der Waals surface area contributed by atoms with Crippen LogP contribution in [0.3, 0.4) is 0 Å². The maximum atomic E-state index is 13.2. The molecule has 0 aliphatic heterocycles. The van der Waals surface area contributed by atoms with Gasteiger partial charge in [0, 0.05) is 21.2 Å². The monoisotopic (exact) mass is 495 g/mol. The molecule has 0 atom stereocenters.